The normalized spacial score (nSPS) is 12.8. The molecule has 0 spiro atoms. The summed E-state index contributed by atoms with van der Waals surface area (Å²) in [6.07, 6.45) is 38.5. The highest BCUT2D eigenvalue weighted by atomic mass is 16.7. The number of quaternary nitrogens is 1. The van der Waals surface area contributed by atoms with Crippen LogP contribution >= 0.6 is 0 Å². The Morgan fingerprint density at radius 1 is 0.456 bits per heavy atom. The van der Waals surface area contributed by atoms with Crippen molar-refractivity contribution in [1.82, 2.24) is 0 Å². The predicted molar refractivity (Wildman–Crippen MR) is 233 cm³/mol. The number of unbranched alkanes of at least 4 members (excludes halogenated alkanes) is 30. The highest BCUT2D eigenvalue weighted by molar-refractivity contribution is 5.70. The van der Waals surface area contributed by atoms with Crippen molar-refractivity contribution in [2.45, 2.75) is 245 Å². The van der Waals surface area contributed by atoms with E-state index in [1.54, 1.807) is 0 Å². The van der Waals surface area contributed by atoms with Gasteiger partial charge in [-0.15, -0.1) is 0 Å². The van der Waals surface area contributed by atoms with Crippen molar-refractivity contribution in [3.8, 4) is 0 Å². The summed E-state index contributed by atoms with van der Waals surface area (Å²) in [7, 11) is 5.92. The molecule has 0 bridgehead atoms. The standard InChI is InChI=1S/C48H93NO8/c1-6-8-10-12-14-16-18-19-20-21-22-23-24-25-26-27-29-31-33-35-37-39-46(51)57-44(43-56-48(47(52)53)54-41-40-49(3,4)5)42-55-45(50)38-36-34-32-30-28-17-15-13-11-9-7-2/h44,48H,6-43H2,1-5H3. The Balaban J connectivity index is 4.27. The molecule has 0 aliphatic rings. The summed E-state index contributed by atoms with van der Waals surface area (Å²) < 4.78 is 22.6. The predicted octanol–water partition coefficient (Wildman–Crippen LogP) is 11.6. The van der Waals surface area contributed by atoms with Gasteiger partial charge in [-0.2, -0.15) is 0 Å². The lowest BCUT2D eigenvalue weighted by atomic mass is 10.0. The van der Waals surface area contributed by atoms with Crippen LogP contribution in [0.3, 0.4) is 0 Å². The minimum absolute atomic E-state index is 0.153. The number of aliphatic carboxylic acids is 1. The van der Waals surface area contributed by atoms with Gasteiger partial charge in [0, 0.05) is 12.8 Å². The van der Waals surface area contributed by atoms with Crippen molar-refractivity contribution < 1.29 is 42.9 Å². The number of carbonyl (C=O) groups excluding carboxylic acids is 3. The lowest BCUT2D eigenvalue weighted by Gasteiger charge is -2.26. The molecule has 9 nitrogen and oxygen atoms in total. The van der Waals surface area contributed by atoms with E-state index in [2.05, 4.69) is 13.8 Å². The number of carbonyl (C=O) groups is 3. The first-order chi connectivity index (χ1) is 27.6. The zero-order valence-electron chi connectivity index (χ0n) is 38.2. The molecule has 0 aromatic heterocycles. The first-order valence-corrected chi connectivity index (χ1v) is 24.2. The molecule has 0 aliphatic heterocycles. The number of hydrogen-bond acceptors (Lipinski definition) is 8. The van der Waals surface area contributed by atoms with Crippen LogP contribution in [0.5, 0.6) is 0 Å². The van der Waals surface area contributed by atoms with E-state index in [1.165, 1.54) is 167 Å². The first kappa shape index (κ1) is 55.3. The van der Waals surface area contributed by atoms with Gasteiger partial charge >= 0.3 is 11.9 Å². The van der Waals surface area contributed by atoms with Crippen LogP contribution in [-0.2, 0) is 33.3 Å². The Labute approximate surface area is 352 Å². The summed E-state index contributed by atoms with van der Waals surface area (Å²) in [5, 5.41) is 11.7. The van der Waals surface area contributed by atoms with Gasteiger partial charge < -0.3 is 33.3 Å². The molecule has 0 aromatic carbocycles. The van der Waals surface area contributed by atoms with E-state index in [-0.39, 0.29) is 32.2 Å². The zero-order valence-corrected chi connectivity index (χ0v) is 38.2. The van der Waals surface area contributed by atoms with Crippen LogP contribution in [-0.4, -0.2) is 82.3 Å². The molecule has 0 aliphatic carbocycles. The maximum Gasteiger partial charge on any atom is 0.306 e. The lowest BCUT2D eigenvalue weighted by Crippen LogP contribution is -2.44. The van der Waals surface area contributed by atoms with Crippen LogP contribution in [0.2, 0.25) is 0 Å². The smallest absolute Gasteiger partial charge is 0.306 e. The number of ether oxygens (including phenoxy) is 4. The number of likely N-dealkylation sites (N-methyl/N-ethyl adjacent to an activating group) is 1. The van der Waals surface area contributed by atoms with Crippen molar-refractivity contribution in [3.05, 3.63) is 0 Å². The molecule has 2 unspecified atom stereocenters. The van der Waals surface area contributed by atoms with Crippen molar-refractivity contribution in [1.29, 1.82) is 0 Å². The molecule has 0 radical (unpaired) electrons. The Bertz CT molecular complexity index is 907. The van der Waals surface area contributed by atoms with Crippen LogP contribution in [0.4, 0.5) is 0 Å². The van der Waals surface area contributed by atoms with Crippen LogP contribution in [0.25, 0.3) is 0 Å². The third-order valence-corrected chi connectivity index (χ3v) is 10.9. The maximum absolute atomic E-state index is 12.8. The van der Waals surface area contributed by atoms with E-state index in [4.69, 9.17) is 18.9 Å². The molecular formula is C48H93NO8. The molecular weight excluding hydrogens is 719 g/mol. The number of esters is 2. The fourth-order valence-electron chi connectivity index (χ4n) is 7.07. The highest BCUT2D eigenvalue weighted by Crippen LogP contribution is 2.16. The highest BCUT2D eigenvalue weighted by Gasteiger charge is 2.22. The maximum atomic E-state index is 12.8. The Kier molecular flexibility index (Phi) is 39.8. The van der Waals surface area contributed by atoms with Gasteiger partial charge in [-0.1, -0.05) is 206 Å². The van der Waals surface area contributed by atoms with Gasteiger partial charge in [0.05, 0.1) is 40.3 Å². The third-order valence-electron chi connectivity index (χ3n) is 10.9. The summed E-state index contributed by atoms with van der Waals surface area (Å²) in [6.45, 7) is 4.77. The summed E-state index contributed by atoms with van der Waals surface area (Å²) >= 11 is 0. The summed E-state index contributed by atoms with van der Waals surface area (Å²) in [6, 6.07) is 0. The van der Waals surface area contributed by atoms with Crippen LogP contribution in [0, 0.1) is 0 Å². The zero-order chi connectivity index (χ0) is 42.1. The van der Waals surface area contributed by atoms with Crippen molar-refractivity contribution >= 4 is 17.9 Å². The number of rotatable bonds is 45. The summed E-state index contributed by atoms with van der Waals surface area (Å²) in [4.78, 5) is 37.0. The van der Waals surface area contributed by atoms with Gasteiger partial charge in [0.2, 0.25) is 0 Å². The Morgan fingerprint density at radius 3 is 1.12 bits per heavy atom. The van der Waals surface area contributed by atoms with Gasteiger partial charge in [0.25, 0.3) is 0 Å². The number of carboxylic acid groups (broad SMARTS) is 1. The molecule has 0 saturated heterocycles. The largest absolute Gasteiger partial charge is 0.545 e. The molecule has 0 N–H and O–H groups in total. The molecule has 57 heavy (non-hydrogen) atoms. The Hall–Kier alpha value is -1.71. The molecule has 2 atom stereocenters. The summed E-state index contributed by atoms with van der Waals surface area (Å²) in [5.41, 5.74) is 0. The van der Waals surface area contributed by atoms with Crippen molar-refractivity contribution in [2.24, 2.45) is 0 Å². The molecule has 0 heterocycles. The average Bonchev–Trinajstić information content (AvgIpc) is 3.17. The fraction of sp³-hybridized carbons (Fsp3) is 0.938. The molecule has 0 saturated carbocycles. The molecule has 0 rings (SSSR count). The second kappa shape index (κ2) is 41.0. The van der Waals surface area contributed by atoms with Gasteiger partial charge in [-0.3, -0.25) is 9.59 Å². The van der Waals surface area contributed by atoms with E-state index in [0.717, 1.165) is 38.5 Å². The van der Waals surface area contributed by atoms with Gasteiger partial charge in [0.15, 0.2) is 12.4 Å². The Morgan fingerprint density at radius 2 is 0.789 bits per heavy atom. The van der Waals surface area contributed by atoms with Crippen molar-refractivity contribution in [2.75, 3.05) is 47.5 Å². The third kappa shape index (κ3) is 42.2. The number of hydrogen-bond donors (Lipinski definition) is 0. The minimum atomic E-state index is -1.61. The van der Waals surface area contributed by atoms with Crippen LogP contribution < -0.4 is 5.11 Å². The van der Waals surface area contributed by atoms with Crippen LogP contribution in [0.15, 0.2) is 0 Å². The molecule has 0 fully saturated rings. The quantitative estimate of drug-likeness (QED) is 0.0259. The minimum Gasteiger partial charge on any atom is -0.545 e. The molecule has 0 amide bonds. The lowest BCUT2D eigenvalue weighted by molar-refractivity contribution is -0.870. The molecule has 9 heteroatoms. The van der Waals surface area contributed by atoms with E-state index in [9.17, 15) is 19.5 Å². The van der Waals surface area contributed by atoms with Crippen LogP contribution in [0.1, 0.15) is 232 Å². The molecule has 338 valence electrons. The SMILES string of the molecule is CCCCCCCCCCCCCCCCCCCCCCCC(=O)OC(COC(=O)CCCCCCCCCCCCC)COC(OCC[N+](C)(C)C)C(=O)[O-]. The summed E-state index contributed by atoms with van der Waals surface area (Å²) in [5.74, 6) is -2.26. The first-order valence-electron chi connectivity index (χ1n) is 24.2. The average molecular weight is 812 g/mol. The van der Waals surface area contributed by atoms with E-state index in [1.807, 2.05) is 21.1 Å². The van der Waals surface area contributed by atoms with Gasteiger partial charge in [0.1, 0.15) is 13.2 Å². The molecule has 0 aromatic rings. The van der Waals surface area contributed by atoms with Gasteiger partial charge in [-0.05, 0) is 12.8 Å². The fourth-order valence-corrected chi connectivity index (χ4v) is 7.07. The second-order valence-corrected chi connectivity index (χ2v) is 17.8. The number of carboxylic acids is 1. The second-order valence-electron chi connectivity index (χ2n) is 17.8. The number of nitrogens with zero attached hydrogens (tertiary/aromatic N) is 1. The topological polar surface area (TPSA) is 111 Å². The van der Waals surface area contributed by atoms with E-state index in [0.29, 0.717) is 17.4 Å². The van der Waals surface area contributed by atoms with E-state index < -0.39 is 24.3 Å². The van der Waals surface area contributed by atoms with Crippen molar-refractivity contribution in [3.63, 3.8) is 0 Å². The monoisotopic (exact) mass is 812 g/mol. The van der Waals surface area contributed by atoms with Gasteiger partial charge in [-0.25, -0.2) is 0 Å². The van der Waals surface area contributed by atoms with E-state index >= 15 is 0 Å².